The van der Waals surface area contributed by atoms with Gasteiger partial charge < -0.3 is 15.2 Å². The van der Waals surface area contributed by atoms with Crippen LogP contribution in [0.4, 0.5) is 0 Å². The molecule has 0 atom stereocenters. The van der Waals surface area contributed by atoms with Crippen molar-refractivity contribution in [3.8, 4) is 5.75 Å². The summed E-state index contributed by atoms with van der Waals surface area (Å²) in [7, 11) is -1.58. The minimum absolute atomic E-state index is 0.0358. The monoisotopic (exact) mass is 226 g/mol. The van der Waals surface area contributed by atoms with Gasteiger partial charge in [0.15, 0.2) is 0 Å². The van der Waals surface area contributed by atoms with Crippen LogP contribution < -0.4 is 5.46 Å². The number of phenolic OH excluding ortho intramolecular Hbond substituents is 1. The highest BCUT2D eigenvalue weighted by Crippen LogP contribution is 2.32. The highest BCUT2D eigenvalue weighted by Gasteiger charge is 2.18. The normalized spacial score (nSPS) is 10.8. The van der Waals surface area contributed by atoms with E-state index in [2.05, 4.69) is 12.6 Å². The second-order valence-electron chi connectivity index (χ2n) is 2.87. The summed E-state index contributed by atoms with van der Waals surface area (Å²) in [6.45, 7) is 0. The summed E-state index contributed by atoms with van der Waals surface area (Å²) in [6, 6.07) is 3.09. The van der Waals surface area contributed by atoms with Crippen LogP contribution in [0.25, 0.3) is 10.1 Å². The Morgan fingerprint density at radius 2 is 2.07 bits per heavy atom. The molecule has 3 nitrogen and oxygen atoms in total. The summed E-state index contributed by atoms with van der Waals surface area (Å²) in [5.74, 6) is -0.0358. The molecular formula is C8H7BO3S2. The van der Waals surface area contributed by atoms with Crippen molar-refractivity contribution in [1.29, 1.82) is 0 Å². The fourth-order valence-corrected chi connectivity index (χ4v) is 2.56. The van der Waals surface area contributed by atoms with E-state index in [1.165, 1.54) is 17.4 Å². The van der Waals surface area contributed by atoms with Gasteiger partial charge in [0.05, 0.1) is 9.60 Å². The van der Waals surface area contributed by atoms with Gasteiger partial charge in [0, 0.05) is 0 Å². The Kier molecular flexibility index (Phi) is 2.44. The van der Waals surface area contributed by atoms with Crippen molar-refractivity contribution >= 4 is 46.6 Å². The van der Waals surface area contributed by atoms with Crippen LogP contribution in [0.3, 0.4) is 0 Å². The smallest absolute Gasteiger partial charge is 0.489 e. The summed E-state index contributed by atoms with van der Waals surface area (Å²) in [6.07, 6.45) is 0. The van der Waals surface area contributed by atoms with E-state index in [0.717, 1.165) is 4.70 Å². The van der Waals surface area contributed by atoms with Gasteiger partial charge >= 0.3 is 7.12 Å². The molecule has 72 valence electrons. The van der Waals surface area contributed by atoms with Gasteiger partial charge in [0.1, 0.15) is 5.75 Å². The fourth-order valence-electron chi connectivity index (χ4n) is 1.34. The summed E-state index contributed by atoms with van der Waals surface area (Å²) in [5, 5.41) is 30.2. The highest BCUT2D eigenvalue weighted by molar-refractivity contribution is 7.81. The number of thiol groups is 1. The van der Waals surface area contributed by atoms with Crippen LogP contribution in [0.2, 0.25) is 0 Å². The molecule has 3 N–H and O–H groups in total. The molecule has 2 aromatic rings. The van der Waals surface area contributed by atoms with Crippen molar-refractivity contribution in [2.75, 3.05) is 0 Å². The molecule has 0 aliphatic heterocycles. The summed E-state index contributed by atoms with van der Waals surface area (Å²) < 4.78 is 0.761. The van der Waals surface area contributed by atoms with Crippen molar-refractivity contribution in [2.24, 2.45) is 0 Å². The summed E-state index contributed by atoms with van der Waals surface area (Å²) >= 11 is 5.54. The highest BCUT2D eigenvalue weighted by atomic mass is 32.1. The average molecular weight is 226 g/mol. The molecule has 2 rings (SSSR count). The van der Waals surface area contributed by atoms with Crippen molar-refractivity contribution in [1.82, 2.24) is 0 Å². The summed E-state index contributed by atoms with van der Waals surface area (Å²) in [5.41, 5.74) is 0.302. The number of hydrogen-bond donors (Lipinski definition) is 4. The van der Waals surface area contributed by atoms with E-state index >= 15 is 0 Å². The molecule has 0 bridgehead atoms. The van der Waals surface area contributed by atoms with Crippen molar-refractivity contribution in [3.05, 3.63) is 17.5 Å². The topological polar surface area (TPSA) is 60.7 Å². The Morgan fingerprint density at radius 1 is 1.36 bits per heavy atom. The number of aromatic hydroxyl groups is 1. The predicted octanol–water partition coefficient (Wildman–Crippen LogP) is 0.575. The van der Waals surface area contributed by atoms with Crippen LogP contribution >= 0.6 is 24.0 Å². The molecule has 0 spiro atoms. The average Bonchev–Trinajstić information content (AvgIpc) is 2.59. The first kappa shape index (κ1) is 9.85. The second-order valence-corrected chi connectivity index (χ2v) is 4.23. The number of benzene rings is 1. The van der Waals surface area contributed by atoms with E-state index in [-0.39, 0.29) is 5.75 Å². The number of rotatable bonds is 1. The lowest BCUT2D eigenvalue weighted by Crippen LogP contribution is -2.30. The maximum Gasteiger partial charge on any atom is 0.489 e. The minimum Gasteiger partial charge on any atom is -0.507 e. The third-order valence-corrected chi connectivity index (χ3v) is 3.54. The van der Waals surface area contributed by atoms with Crippen molar-refractivity contribution in [3.63, 3.8) is 0 Å². The fraction of sp³-hybridized carbons (Fsp3) is 0. The van der Waals surface area contributed by atoms with Crippen LogP contribution in [-0.2, 0) is 0 Å². The van der Waals surface area contributed by atoms with Crippen LogP contribution in [0.1, 0.15) is 0 Å². The molecule has 1 heterocycles. The van der Waals surface area contributed by atoms with Gasteiger partial charge in [0.25, 0.3) is 0 Å². The molecule has 0 radical (unpaired) electrons. The second kappa shape index (κ2) is 3.47. The van der Waals surface area contributed by atoms with Gasteiger partial charge in [-0.1, -0.05) is 0 Å². The predicted molar refractivity (Wildman–Crippen MR) is 60.6 cm³/mol. The molecule has 1 aromatic heterocycles. The zero-order valence-electron chi connectivity index (χ0n) is 7.01. The van der Waals surface area contributed by atoms with Gasteiger partial charge in [-0.15, -0.1) is 24.0 Å². The number of phenols is 1. The first-order valence-electron chi connectivity index (χ1n) is 3.89. The van der Waals surface area contributed by atoms with E-state index in [9.17, 15) is 5.11 Å². The third kappa shape index (κ3) is 1.40. The zero-order valence-corrected chi connectivity index (χ0v) is 8.72. The Morgan fingerprint density at radius 3 is 2.71 bits per heavy atom. The van der Waals surface area contributed by atoms with E-state index in [0.29, 0.717) is 15.7 Å². The van der Waals surface area contributed by atoms with Gasteiger partial charge in [-0.05, 0) is 28.4 Å². The first-order chi connectivity index (χ1) is 6.61. The molecule has 0 aliphatic rings. The molecule has 14 heavy (non-hydrogen) atoms. The van der Waals surface area contributed by atoms with Crippen molar-refractivity contribution in [2.45, 2.75) is 4.90 Å². The zero-order chi connectivity index (χ0) is 10.3. The molecule has 0 amide bonds. The van der Waals surface area contributed by atoms with Crippen LogP contribution in [0.5, 0.6) is 5.75 Å². The van der Waals surface area contributed by atoms with Crippen LogP contribution in [-0.4, -0.2) is 22.3 Å². The van der Waals surface area contributed by atoms with E-state index in [1.54, 1.807) is 6.07 Å². The SMILES string of the molecule is OB(O)c1cc(O)c(S)c2sccc12. The molecule has 0 saturated heterocycles. The minimum atomic E-state index is -1.58. The van der Waals surface area contributed by atoms with E-state index in [4.69, 9.17) is 10.0 Å². The lowest BCUT2D eigenvalue weighted by Gasteiger charge is -2.05. The first-order valence-corrected chi connectivity index (χ1v) is 5.22. The van der Waals surface area contributed by atoms with E-state index in [1.807, 2.05) is 5.38 Å². The molecular weight excluding hydrogens is 219 g/mol. The Hall–Kier alpha value is -0.685. The number of fused-ring (bicyclic) bond motifs is 1. The molecule has 1 aromatic carbocycles. The van der Waals surface area contributed by atoms with Crippen molar-refractivity contribution < 1.29 is 15.2 Å². The number of thiophene rings is 1. The maximum atomic E-state index is 9.47. The quantitative estimate of drug-likeness (QED) is 0.425. The van der Waals surface area contributed by atoms with Gasteiger partial charge in [0.2, 0.25) is 0 Å². The van der Waals surface area contributed by atoms with Crippen LogP contribution in [0, 0.1) is 0 Å². The summed E-state index contributed by atoms with van der Waals surface area (Å²) in [4.78, 5) is 0.472. The Labute approximate surface area is 90.2 Å². The molecule has 0 aliphatic carbocycles. The Bertz CT molecular complexity index is 481. The van der Waals surface area contributed by atoms with Gasteiger partial charge in [-0.25, -0.2) is 0 Å². The lowest BCUT2D eigenvalue weighted by atomic mass is 9.78. The standard InChI is InChI=1S/C8H7BO3S2/c10-6-3-5(9(11)12)4-1-2-14-8(4)7(6)13/h1-3,10-13H. The number of hydrogen-bond acceptors (Lipinski definition) is 5. The lowest BCUT2D eigenvalue weighted by molar-refractivity contribution is 0.425. The van der Waals surface area contributed by atoms with Gasteiger partial charge in [-0.2, -0.15) is 0 Å². The largest absolute Gasteiger partial charge is 0.507 e. The third-order valence-electron chi connectivity index (χ3n) is 2.00. The van der Waals surface area contributed by atoms with E-state index < -0.39 is 7.12 Å². The molecule has 0 fully saturated rings. The molecule has 0 unspecified atom stereocenters. The van der Waals surface area contributed by atoms with Crippen LogP contribution in [0.15, 0.2) is 22.4 Å². The molecule has 0 saturated carbocycles. The Balaban J connectivity index is 2.84. The van der Waals surface area contributed by atoms with Gasteiger partial charge in [-0.3, -0.25) is 0 Å². The molecule has 6 heteroatoms. The maximum absolute atomic E-state index is 9.47.